The van der Waals surface area contributed by atoms with Crippen molar-refractivity contribution in [2.75, 3.05) is 6.54 Å². The second kappa shape index (κ2) is 8.80. The number of benzene rings is 2. The van der Waals surface area contributed by atoms with Crippen LogP contribution >= 0.6 is 0 Å². The highest BCUT2D eigenvalue weighted by atomic mass is 16.7. The largest absolute Gasteiger partial charge is 0.492 e. The molecule has 0 saturated carbocycles. The van der Waals surface area contributed by atoms with Gasteiger partial charge in [0.25, 0.3) is 0 Å². The van der Waals surface area contributed by atoms with Gasteiger partial charge in [-0.2, -0.15) is 5.10 Å². The number of hydrogen-bond acceptors (Lipinski definition) is 5. The number of fused-ring (bicyclic) bond motifs is 1. The Kier molecular flexibility index (Phi) is 6.08. The van der Waals surface area contributed by atoms with Crippen molar-refractivity contribution in [3.05, 3.63) is 71.3 Å². The SMILES string of the molecule is CC1(C)OB(C(=Cc2ccc3[nH]ncc3c2)CNC(=O)OCc2ccccc2)OC1(C)C. The highest BCUT2D eigenvalue weighted by Gasteiger charge is 2.52. The van der Waals surface area contributed by atoms with E-state index >= 15 is 0 Å². The third kappa shape index (κ3) is 4.87. The molecular formula is C24H28BN3O4. The summed E-state index contributed by atoms with van der Waals surface area (Å²) < 4.78 is 17.8. The number of ether oxygens (including phenoxy) is 1. The number of alkyl carbamates (subject to hydrolysis) is 1. The zero-order valence-electron chi connectivity index (χ0n) is 18.8. The average Bonchev–Trinajstić information content (AvgIpc) is 3.31. The summed E-state index contributed by atoms with van der Waals surface area (Å²) in [4.78, 5) is 12.3. The molecule has 0 unspecified atom stereocenters. The van der Waals surface area contributed by atoms with Crippen LogP contribution in [0.1, 0.15) is 38.8 Å². The van der Waals surface area contributed by atoms with Gasteiger partial charge in [-0.05, 0) is 56.4 Å². The van der Waals surface area contributed by atoms with Gasteiger partial charge >= 0.3 is 13.2 Å². The number of aromatic amines is 1. The summed E-state index contributed by atoms with van der Waals surface area (Å²) in [5.74, 6) is 0. The van der Waals surface area contributed by atoms with Crippen molar-refractivity contribution in [1.29, 1.82) is 0 Å². The minimum absolute atomic E-state index is 0.208. The van der Waals surface area contributed by atoms with E-state index in [9.17, 15) is 4.79 Å². The molecule has 1 aliphatic heterocycles. The number of aromatic nitrogens is 2. The molecule has 166 valence electrons. The van der Waals surface area contributed by atoms with E-state index in [1.807, 2.05) is 82.3 Å². The van der Waals surface area contributed by atoms with Gasteiger partial charge in [0, 0.05) is 11.9 Å². The van der Waals surface area contributed by atoms with Gasteiger partial charge in [0.1, 0.15) is 6.61 Å². The number of H-pyrrole nitrogens is 1. The van der Waals surface area contributed by atoms with Crippen LogP contribution in [-0.2, 0) is 20.7 Å². The van der Waals surface area contributed by atoms with E-state index < -0.39 is 24.4 Å². The summed E-state index contributed by atoms with van der Waals surface area (Å²) in [7, 11) is -0.588. The van der Waals surface area contributed by atoms with Gasteiger partial charge in [-0.25, -0.2) is 4.79 Å². The van der Waals surface area contributed by atoms with Crippen LogP contribution in [0.3, 0.4) is 0 Å². The van der Waals surface area contributed by atoms with Crippen molar-refractivity contribution in [2.45, 2.75) is 45.5 Å². The van der Waals surface area contributed by atoms with E-state index in [2.05, 4.69) is 15.5 Å². The molecular weight excluding hydrogens is 405 g/mol. The Bertz CT molecular complexity index is 1110. The van der Waals surface area contributed by atoms with E-state index in [4.69, 9.17) is 14.0 Å². The third-order valence-electron chi connectivity index (χ3n) is 6.02. The van der Waals surface area contributed by atoms with E-state index in [1.165, 1.54) is 0 Å². The normalized spacial score (nSPS) is 17.5. The monoisotopic (exact) mass is 433 g/mol. The first-order chi connectivity index (χ1) is 15.2. The first-order valence-electron chi connectivity index (χ1n) is 10.7. The molecule has 1 fully saturated rings. The Morgan fingerprint density at radius 2 is 1.84 bits per heavy atom. The average molecular weight is 433 g/mol. The molecule has 0 aliphatic carbocycles. The maximum absolute atomic E-state index is 12.3. The molecule has 1 amide bonds. The summed E-state index contributed by atoms with van der Waals surface area (Å²) in [5, 5.41) is 10.9. The smallest absolute Gasteiger partial charge is 0.445 e. The molecule has 2 heterocycles. The fraction of sp³-hybridized carbons (Fsp3) is 0.333. The number of hydrogen-bond donors (Lipinski definition) is 2. The third-order valence-corrected chi connectivity index (χ3v) is 6.02. The Morgan fingerprint density at radius 3 is 2.56 bits per heavy atom. The zero-order valence-corrected chi connectivity index (χ0v) is 18.8. The first kappa shape index (κ1) is 22.1. The highest BCUT2D eigenvalue weighted by molar-refractivity contribution is 6.56. The van der Waals surface area contributed by atoms with Crippen molar-refractivity contribution >= 4 is 30.2 Å². The Labute approximate surface area is 188 Å². The van der Waals surface area contributed by atoms with Gasteiger partial charge in [0.2, 0.25) is 0 Å². The minimum atomic E-state index is -0.588. The van der Waals surface area contributed by atoms with Crippen molar-refractivity contribution < 1.29 is 18.8 Å². The van der Waals surface area contributed by atoms with E-state index in [1.54, 1.807) is 6.20 Å². The lowest BCUT2D eigenvalue weighted by Crippen LogP contribution is -2.41. The molecule has 0 spiro atoms. The van der Waals surface area contributed by atoms with Crippen molar-refractivity contribution in [1.82, 2.24) is 15.5 Å². The minimum Gasteiger partial charge on any atom is -0.445 e. The predicted molar refractivity (Wildman–Crippen MR) is 125 cm³/mol. The van der Waals surface area contributed by atoms with Gasteiger partial charge in [0.15, 0.2) is 0 Å². The number of nitrogens with one attached hydrogen (secondary N) is 2. The highest BCUT2D eigenvalue weighted by Crippen LogP contribution is 2.38. The molecule has 2 aromatic carbocycles. The Morgan fingerprint density at radius 1 is 1.12 bits per heavy atom. The van der Waals surface area contributed by atoms with Crippen LogP contribution in [-0.4, -0.2) is 41.2 Å². The molecule has 7 nitrogen and oxygen atoms in total. The van der Waals surface area contributed by atoms with E-state index in [-0.39, 0.29) is 13.2 Å². The predicted octanol–water partition coefficient (Wildman–Crippen LogP) is 4.50. The fourth-order valence-corrected chi connectivity index (χ4v) is 3.41. The second-order valence-corrected chi connectivity index (χ2v) is 8.94. The molecule has 2 N–H and O–H groups in total. The van der Waals surface area contributed by atoms with E-state index in [0.717, 1.165) is 27.5 Å². The van der Waals surface area contributed by atoms with Gasteiger partial charge in [-0.15, -0.1) is 0 Å². The molecule has 1 aromatic heterocycles. The van der Waals surface area contributed by atoms with Crippen LogP contribution in [0.15, 0.2) is 60.2 Å². The number of amides is 1. The Hall–Kier alpha value is -3.10. The van der Waals surface area contributed by atoms with Crippen molar-refractivity contribution in [3.8, 4) is 0 Å². The number of carbonyl (C=O) groups excluding carboxylic acids is 1. The molecule has 0 radical (unpaired) electrons. The second-order valence-electron chi connectivity index (χ2n) is 8.94. The van der Waals surface area contributed by atoms with Crippen molar-refractivity contribution in [3.63, 3.8) is 0 Å². The van der Waals surface area contributed by atoms with Gasteiger partial charge in [0.05, 0.1) is 22.9 Å². The molecule has 0 atom stereocenters. The zero-order chi connectivity index (χ0) is 22.8. The number of carbonyl (C=O) groups is 1. The van der Waals surface area contributed by atoms with Crippen LogP contribution in [0.5, 0.6) is 0 Å². The topological polar surface area (TPSA) is 85.5 Å². The molecule has 4 rings (SSSR count). The maximum Gasteiger partial charge on any atom is 0.492 e. The summed E-state index contributed by atoms with van der Waals surface area (Å²) in [6.07, 6.45) is 3.26. The van der Waals surface area contributed by atoms with Crippen LogP contribution in [0.2, 0.25) is 0 Å². The van der Waals surface area contributed by atoms with Crippen LogP contribution in [0, 0.1) is 0 Å². The summed E-state index contributed by atoms with van der Waals surface area (Å²) >= 11 is 0. The Balaban J connectivity index is 1.50. The van der Waals surface area contributed by atoms with Gasteiger partial charge in [-0.3, -0.25) is 5.10 Å². The lowest BCUT2D eigenvalue weighted by Gasteiger charge is -2.32. The first-order valence-corrected chi connectivity index (χ1v) is 10.7. The molecule has 3 aromatic rings. The molecule has 32 heavy (non-hydrogen) atoms. The molecule has 1 aliphatic rings. The molecule has 8 heteroatoms. The van der Waals surface area contributed by atoms with Crippen LogP contribution < -0.4 is 5.32 Å². The lowest BCUT2D eigenvalue weighted by molar-refractivity contribution is 0.00578. The quantitative estimate of drug-likeness (QED) is 0.559. The standard InChI is InChI=1S/C24H28BN3O4/c1-23(2)24(3,4)32-25(31-23)20(13-18-10-11-21-19(12-18)14-27-28-21)15-26-22(29)30-16-17-8-6-5-7-9-17/h5-14H,15-16H2,1-4H3,(H,26,29)(H,27,28). The van der Waals surface area contributed by atoms with Crippen molar-refractivity contribution in [2.24, 2.45) is 0 Å². The molecule has 1 saturated heterocycles. The summed E-state index contributed by atoms with van der Waals surface area (Å²) in [6, 6.07) is 15.5. The summed E-state index contributed by atoms with van der Waals surface area (Å²) in [5.41, 5.74) is 2.67. The van der Waals surface area contributed by atoms with Crippen LogP contribution in [0.25, 0.3) is 17.0 Å². The summed E-state index contributed by atoms with van der Waals surface area (Å²) in [6.45, 7) is 8.45. The van der Waals surface area contributed by atoms with Gasteiger partial charge in [-0.1, -0.05) is 42.5 Å². The lowest BCUT2D eigenvalue weighted by atomic mass is 9.77. The number of nitrogens with zero attached hydrogens (tertiary/aromatic N) is 1. The number of rotatable bonds is 6. The maximum atomic E-state index is 12.3. The van der Waals surface area contributed by atoms with Gasteiger partial charge < -0.3 is 19.4 Å². The fourth-order valence-electron chi connectivity index (χ4n) is 3.41. The van der Waals surface area contributed by atoms with E-state index in [0.29, 0.717) is 0 Å². The van der Waals surface area contributed by atoms with Crippen LogP contribution in [0.4, 0.5) is 4.79 Å². The molecule has 0 bridgehead atoms.